The van der Waals surface area contributed by atoms with Crippen molar-refractivity contribution >= 4 is 27.3 Å². The van der Waals surface area contributed by atoms with E-state index in [0.717, 1.165) is 31.3 Å². The molecule has 2 heterocycles. The molecule has 0 saturated heterocycles. The van der Waals surface area contributed by atoms with Crippen molar-refractivity contribution in [2.24, 2.45) is 0 Å². The van der Waals surface area contributed by atoms with Gasteiger partial charge in [0.2, 0.25) is 10.0 Å². The Balaban J connectivity index is 1.90. The van der Waals surface area contributed by atoms with Crippen molar-refractivity contribution < 1.29 is 12.8 Å². The zero-order valence-corrected chi connectivity index (χ0v) is 16.5. The van der Waals surface area contributed by atoms with Crippen molar-refractivity contribution in [1.82, 2.24) is 19.9 Å². The third-order valence-corrected chi connectivity index (χ3v) is 5.45. The van der Waals surface area contributed by atoms with E-state index in [1.54, 1.807) is 12.3 Å². The van der Waals surface area contributed by atoms with Gasteiger partial charge in [-0.25, -0.2) is 27.8 Å². The van der Waals surface area contributed by atoms with Crippen molar-refractivity contribution in [3.05, 3.63) is 47.4 Å². The predicted octanol–water partition coefficient (Wildman–Crippen LogP) is 3.97. The van der Waals surface area contributed by atoms with E-state index in [9.17, 15) is 8.42 Å². The predicted molar refractivity (Wildman–Crippen MR) is 105 cm³/mol. The van der Waals surface area contributed by atoms with Gasteiger partial charge in [0.05, 0.1) is 23.3 Å². The molecular formula is C18H17ClFN5O2S. The highest BCUT2D eigenvalue weighted by Gasteiger charge is 2.27. The molecule has 0 amide bonds. The number of sulfonamides is 1. The van der Waals surface area contributed by atoms with Crippen molar-refractivity contribution in [2.75, 3.05) is 11.0 Å². The van der Waals surface area contributed by atoms with E-state index >= 15 is 4.39 Å². The van der Waals surface area contributed by atoms with Crippen molar-refractivity contribution in [1.29, 1.82) is 0 Å². The Labute approximate surface area is 166 Å². The van der Waals surface area contributed by atoms with Crippen LogP contribution in [-0.4, -0.2) is 34.6 Å². The van der Waals surface area contributed by atoms with E-state index in [2.05, 4.69) is 24.7 Å². The molecule has 3 aromatic rings. The number of hydrogen-bond donors (Lipinski definition) is 2. The molecule has 0 bridgehead atoms. The van der Waals surface area contributed by atoms with E-state index < -0.39 is 15.8 Å². The molecule has 146 valence electrons. The fourth-order valence-corrected chi connectivity index (χ4v) is 3.89. The fourth-order valence-electron chi connectivity index (χ4n) is 3.12. The molecule has 1 aromatic carbocycles. The molecule has 1 aliphatic carbocycles. The lowest BCUT2D eigenvalue weighted by molar-refractivity contribution is 0.404. The quantitative estimate of drug-likeness (QED) is 0.649. The zero-order valence-electron chi connectivity index (χ0n) is 14.9. The second-order valence-corrected chi connectivity index (χ2v) is 8.94. The monoisotopic (exact) mass is 421 g/mol. The lowest BCUT2D eigenvalue weighted by Crippen LogP contribution is -2.11. The smallest absolute Gasteiger partial charge is 0.229 e. The summed E-state index contributed by atoms with van der Waals surface area (Å²) in [6, 6.07) is 4.35. The van der Waals surface area contributed by atoms with Gasteiger partial charge in [-0.15, -0.1) is 0 Å². The molecule has 2 N–H and O–H groups in total. The van der Waals surface area contributed by atoms with E-state index in [1.807, 2.05) is 0 Å². The van der Waals surface area contributed by atoms with Gasteiger partial charge in [-0.05, 0) is 31.0 Å². The fraction of sp³-hybridized carbons (Fsp3) is 0.278. The average Bonchev–Trinajstić information content (AvgIpc) is 3.00. The number of rotatable bonds is 5. The molecule has 4 rings (SSSR count). The number of nitrogens with one attached hydrogen (secondary N) is 2. The molecular weight excluding hydrogens is 405 g/mol. The number of aromatic nitrogens is 4. The molecule has 7 nitrogen and oxygen atoms in total. The summed E-state index contributed by atoms with van der Waals surface area (Å²) in [5.41, 5.74) is 1.29. The largest absolute Gasteiger partial charge is 0.340 e. The Bertz CT molecular complexity index is 1130. The minimum atomic E-state index is -3.68. The number of hydrogen-bond acceptors (Lipinski definition) is 5. The van der Waals surface area contributed by atoms with Crippen LogP contribution in [0.2, 0.25) is 5.02 Å². The first-order valence-corrected chi connectivity index (χ1v) is 10.9. The molecule has 0 aliphatic heterocycles. The van der Waals surface area contributed by atoms with Gasteiger partial charge in [0.15, 0.2) is 5.82 Å². The summed E-state index contributed by atoms with van der Waals surface area (Å²) < 4.78 is 40.5. The Morgan fingerprint density at radius 1 is 1.32 bits per heavy atom. The van der Waals surface area contributed by atoms with Crippen molar-refractivity contribution in [3.63, 3.8) is 0 Å². The number of benzene rings is 1. The van der Waals surface area contributed by atoms with Crippen LogP contribution in [0.25, 0.3) is 22.6 Å². The highest BCUT2D eigenvalue weighted by atomic mass is 35.5. The summed E-state index contributed by atoms with van der Waals surface area (Å²) >= 11 is 6.14. The van der Waals surface area contributed by atoms with E-state index in [1.165, 1.54) is 18.5 Å². The maximum Gasteiger partial charge on any atom is 0.229 e. The number of halogens is 2. The summed E-state index contributed by atoms with van der Waals surface area (Å²) in [7, 11) is -3.68. The number of aromatic amines is 1. The normalized spacial score (nSPS) is 14.7. The van der Waals surface area contributed by atoms with Crippen molar-refractivity contribution in [2.45, 2.75) is 25.2 Å². The van der Waals surface area contributed by atoms with Gasteiger partial charge in [-0.3, -0.25) is 4.72 Å². The van der Waals surface area contributed by atoms with Crippen molar-refractivity contribution in [3.8, 4) is 22.6 Å². The van der Waals surface area contributed by atoms with Crippen LogP contribution < -0.4 is 4.72 Å². The van der Waals surface area contributed by atoms with Crippen LogP contribution in [0.5, 0.6) is 0 Å². The summed E-state index contributed by atoms with van der Waals surface area (Å²) in [6.07, 6.45) is 7.07. The van der Waals surface area contributed by atoms with Crippen LogP contribution >= 0.6 is 11.6 Å². The van der Waals surface area contributed by atoms with Gasteiger partial charge < -0.3 is 4.98 Å². The minimum Gasteiger partial charge on any atom is -0.340 e. The summed E-state index contributed by atoms with van der Waals surface area (Å²) in [6.45, 7) is 0. The SMILES string of the molecule is CS(=O)(=O)Nc1cc(Cl)cc(-c2nc(C3CCC3)[nH]c2-c2ccncn2)c1F. The molecule has 0 atom stereocenters. The molecule has 10 heteroatoms. The maximum absolute atomic E-state index is 15.2. The standard InChI is InChI=1S/C18H17ClFN5O2S/c1-28(26,27)25-14-8-11(19)7-12(15(14)20)16-17(13-5-6-21-9-22-13)24-18(23-16)10-3-2-4-10/h5-10,25H,2-4H2,1H3,(H,23,24). The molecule has 2 aromatic heterocycles. The Hall–Kier alpha value is -2.52. The topological polar surface area (TPSA) is 101 Å². The van der Waals surface area contributed by atoms with E-state index in [0.29, 0.717) is 17.1 Å². The molecule has 0 unspecified atom stereocenters. The first-order valence-electron chi connectivity index (χ1n) is 8.65. The van der Waals surface area contributed by atoms with Gasteiger partial charge >= 0.3 is 0 Å². The van der Waals surface area contributed by atoms with Gasteiger partial charge in [0.1, 0.15) is 17.8 Å². The van der Waals surface area contributed by atoms with Crippen LogP contribution in [0.4, 0.5) is 10.1 Å². The molecule has 1 saturated carbocycles. The molecule has 0 radical (unpaired) electrons. The molecule has 0 spiro atoms. The number of imidazole rings is 1. The Morgan fingerprint density at radius 2 is 2.11 bits per heavy atom. The van der Waals surface area contributed by atoms with Gasteiger partial charge in [-0.2, -0.15) is 0 Å². The lowest BCUT2D eigenvalue weighted by atomic mass is 9.85. The minimum absolute atomic E-state index is 0.0917. The lowest BCUT2D eigenvalue weighted by Gasteiger charge is -2.22. The summed E-state index contributed by atoms with van der Waals surface area (Å²) in [4.78, 5) is 16.0. The second-order valence-electron chi connectivity index (χ2n) is 6.76. The average molecular weight is 422 g/mol. The second kappa shape index (κ2) is 7.14. The number of H-pyrrole nitrogens is 1. The van der Waals surface area contributed by atoms with Crippen LogP contribution in [0, 0.1) is 5.82 Å². The van der Waals surface area contributed by atoms with Crippen LogP contribution in [0.1, 0.15) is 31.0 Å². The van der Waals surface area contributed by atoms with Crippen LogP contribution in [0.3, 0.4) is 0 Å². The van der Waals surface area contributed by atoms with E-state index in [4.69, 9.17) is 11.6 Å². The van der Waals surface area contributed by atoms with Gasteiger partial charge in [0, 0.05) is 22.7 Å². The Morgan fingerprint density at radius 3 is 2.71 bits per heavy atom. The van der Waals surface area contributed by atoms with Crippen LogP contribution in [0.15, 0.2) is 30.7 Å². The highest BCUT2D eigenvalue weighted by Crippen LogP contribution is 2.40. The van der Waals surface area contributed by atoms with Gasteiger partial charge in [-0.1, -0.05) is 18.0 Å². The highest BCUT2D eigenvalue weighted by molar-refractivity contribution is 7.92. The number of nitrogens with zero attached hydrogens (tertiary/aromatic N) is 3. The first-order chi connectivity index (χ1) is 13.3. The molecule has 1 fully saturated rings. The summed E-state index contributed by atoms with van der Waals surface area (Å²) in [5, 5.41) is 0.185. The molecule has 28 heavy (non-hydrogen) atoms. The number of anilines is 1. The third-order valence-electron chi connectivity index (χ3n) is 4.64. The summed E-state index contributed by atoms with van der Waals surface area (Å²) in [5.74, 6) is 0.286. The van der Waals surface area contributed by atoms with E-state index in [-0.39, 0.29) is 22.2 Å². The maximum atomic E-state index is 15.2. The first kappa shape index (κ1) is 18.8. The zero-order chi connectivity index (χ0) is 19.9. The third kappa shape index (κ3) is 3.72. The van der Waals surface area contributed by atoms with Gasteiger partial charge in [0.25, 0.3) is 0 Å². The molecule has 1 aliphatic rings. The Kier molecular flexibility index (Phi) is 4.80. The van der Waals surface area contributed by atoms with Crippen LogP contribution in [-0.2, 0) is 10.0 Å².